The summed E-state index contributed by atoms with van der Waals surface area (Å²) in [6, 6.07) is 25.7. The molecule has 0 fully saturated rings. The summed E-state index contributed by atoms with van der Waals surface area (Å²) in [6.07, 6.45) is 2.98. The summed E-state index contributed by atoms with van der Waals surface area (Å²) in [5, 5.41) is 0.692. The fourth-order valence-electron chi connectivity index (χ4n) is 4.96. The fourth-order valence-corrected chi connectivity index (χ4v) is 4.96. The van der Waals surface area contributed by atoms with Gasteiger partial charge in [-0.15, -0.1) is 0 Å². The summed E-state index contributed by atoms with van der Waals surface area (Å²) in [5.74, 6) is -0.0231. The van der Waals surface area contributed by atoms with E-state index < -0.39 is 17.2 Å². The van der Waals surface area contributed by atoms with E-state index in [1.807, 2.05) is 18.2 Å². The Morgan fingerprint density at radius 1 is 0.881 bits per heavy atom. The highest BCUT2D eigenvalue weighted by Gasteiger charge is 2.26. The zero-order chi connectivity index (χ0) is 29.2. The molecule has 0 unspecified atom stereocenters. The second-order valence-corrected chi connectivity index (χ2v) is 9.57. The van der Waals surface area contributed by atoms with Crippen molar-refractivity contribution in [2.75, 3.05) is 7.11 Å². The van der Waals surface area contributed by atoms with E-state index in [0.29, 0.717) is 45.0 Å². The molecule has 0 saturated carbocycles. The zero-order valence-electron chi connectivity index (χ0n) is 22.8. The van der Waals surface area contributed by atoms with Gasteiger partial charge in [-0.1, -0.05) is 30.3 Å². The largest absolute Gasteiger partial charge is 0.497 e. The highest BCUT2D eigenvalue weighted by Crippen LogP contribution is 2.32. The molecule has 3 heterocycles. The van der Waals surface area contributed by atoms with E-state index in [2.05, 4.69) is 9.97 Å². The number of carbonyl (C=O) groups is 1. The number of hydrogen-bond donors (Lipinski definition) is 0. The first-order chi connectivity index (χ1) is 20.4. The van der Waals surface area contributed by atoms with Crippen LogP contribution in [0.15, 0.2) is 108 Å². The quantitative estimate of drug-likeness (QED) is 0.208. The summed E-state index contributed by atoms with van der Waals surface area (Å²) >= 11 is 0. The lowest BCUT2D eigenvalue weighted by molar-refractivity contribution is 0.0992. The minimum Gasteiger partial charge on any atom is -0.497 e. The van der Waals surface area contributed by atoms with Crippen LogP contribution in [-0.4, -0.2) is 32.2 Å². The Balaban J connectivity index is 1.32. The molecular formula is C33H25FN4O4. The number of halogens is 1. The maximum absolute atomic E-state index is 15.3. The first-order valence-corrected chi connectivity index (χ1v) is 13.2. The van der Waals surface area contributed by atoms with E-state index in [4.69, 9.17) is 9.47 Å². The van der Waals surface area contributed by atoms with Gasteiger partial charge in [-0.05, 0) is 60.2 Å². The molecule has 9 heteroatoms. The predicted octanol–water partition coefficient (Wildman–Crippen LogP) is 6.15. The van der Waals surface area contributed by atoms with Crippen molar-refractivity contribution >= 4 is 16.7 Å². The van der Waals surface area contributed by atoms with Gasteiger partial charge in [0.25, 0.3) is 5.56 Å². The predicted molar refractivity (Wildman–Crippen MR) is 157 cm³/mol. The molecule has 0 aliphatic rings. The Morgan fingerprint density at radius 3 is 2.43 bits per heavy atom. The number of rotatable bonds is 8. The van der Waals surface area contributed by atoms with Crippen LogP contribution in [0.4, 0.5) is 4.39 Å². The minimum absolute atomic E-state index is 0.00478. The van der Waals surface area contributed by atoms with Gasteiger partial charge in [0.1, 0.15) is 17.1 Å². The molecule has 0 radical (unpaired) electrons. The summed E-state index contributed by atoms with van der Waals surface area (Å²) in [6.45, 7) is 0. The van der Waals surface area contributed by atoms with Gasteiger partial charge < -0.3 is 9.47 Å². The fraction of sp³-hybridized carbons (Fsp3) is 0.0909. The van der Waals surface area contributed by atoms with Crippen molar-refractivity contribution in [3.05, 3.63) is 131 Å². The van der Waals surface area contributed by atoms with Crippen LogP contribution in [0.25, 0.3) is 28.0 Å². The summed E-state index contributed by atoms with van der Waals surface area (Å²) in [4.78, 5) is 36.1. The number of carbonyl (C=O) groups excluding carboxylic acids is 1. The van der Waals surface area contributed by atoms with Crippen molar-refractivity contribution in [1.29, 1.82) is 0 Å². The third-order valence-electron chi connectivity index (χ3n) is 6.94. The molecule has 208 valence electrons. The van der Waals surface area contributed by atoms with Crippen molar-refractivity contribution in [1.82, 2.24) is 19.3 Å². The van der Waals surface area contributed by atoms with Gasteiger partial charge in [0.15, 0.2) is 17.3 Å². The molecule has 0 saturated heterocycles. The van der Waals surface area contributed by atoms with Crippen LogP contribution >= 0.6 is 0 Å². The molecule has 0 amide bonds. The molecule has 0 atom stereocenters. The number of benzene rings is 3. The Kier molecular flexibility index (Phi) is 7.06. The summed E-state index contributed by atoms with van der Waals surface area (Å²) in [5.41, 5.74) is 2.02. The molecule has 0 bridgehead atoms. The molecule has 6 aromatic rings. The van der Waals surface area contributed by atoms with E-state index in [1.54, 1.807) is 91.9 Å². The van der Waals surface area contributed by atoms with E-state index in [1.165, 1.54) is 16.8 Å². The normalized spacial score (nSPS) is 11.0. The maximum atomic E-state index is 15.3. The third-order valence-corrected chi connectivity index (χ3v) is 6.94. The maximum Gasteiger partial charge on any atom is 0.283 e. The van der Waals surface area contributed by atoms with Crippen LogP contribution in [-0.2, 0) is 13.5 Å². The molecule has 0 N–H and O–H groups in total. The lowest BCUT2D eigenvalue weighted by Gasteiger charge is -2.11. The number of methoxy groups -OCH3 is 1. The lowest BCUT2D eigenvalue weighted by Crippen LogP contribution is -2.23. The number of pyridine rings is 2. The van der Waals surface area contributed by atoms with Crippen LogP contribution in [0.2, 0.25) is 0 Å². The van der Waals surface area contributed by atoms with Gasteiger partial charge in [-0.3, -0.25) is 24.2 Å². The number of fused-ring (bicyclic) bond motifs is 1. The molecule has 8 nitrogen and oxygen atoms in total. The zero-order valence-corrected chi connectivity index (χ0v) is 22.8. The van der Waals surface area contributed by atoms with Gasteiger partial charge in [0, 0.05) is 37.3 Å². The van der Waals surface area contributed by atoms with Crippen molar-refractivity contribution in [2.24, 2.45) is 7.05 Å². The van der Waals surface area contributed by atoms with Crippen LogP contribution in [0.5, 0.6) is 17.2 Å². The highest BCUT2D eigenvalue weighted by atomic mass is 19.1. The van der Waals surface area contributed by atoms with Crippen LogP contribution < -0.4 is 15.0 Å². The second kappa shape index (κ2) is 11.1. The highest BCUT2D eigenvalue weighted by molar-refractivity contribution is 6.02. The van der Waals surface area contributed by atoms with E-state index in [9.17, 15) is 9.59 Å². The molecule has 3 aromatic heterocycles. The second-order valence-electron chi connectivity index (χ2n) is 9.57. The molecule has 0 spiro atoms. The number of aromatic nitrogens is 4. The standard InChI is InChI=1S/C33H25FN4O4/c1-37-32(26-10-6-7-16-35-26)31(33(40)38(37)22-8-4-3-5-9-22)28(39)19-21-11-14-30(25(34)18-21)42-29-15-17-36-27-20-23(41-2)12-13-24(27)29/h3-18,20H,19H2,1-2H3. The van der Waals surface area contributed by atoms with Crippen LogP contribution in [0, 0.1) is 5.82 Å². The Hall–Kier alpha value is -5.57. The first-order valence-electron chi connectivity index (χ1n) is 13.2. The Bertz CT molecular complexity index is 1990. The van der Waals surface area contributed by atoms with Gasteiger partial charge >= 0.3 is 0 Å². The average Bonchev–Trinajstić information content (AvgIpc) is 3.28. The van der Waals surface area contributed by atoms with E-state index in [-0.39, 0.29) is 17.7 Å². The van der Waals surface area contributed by atoms with Crippen molar-refractivity contribution in [2.45, 2.75) is 6.42 Å². The number of ether oxygens (including phenoxy) is 2. The average molecular weight is 561 g/mol. The molecule has 6 rings (SSSR count). The monoisotopic (exact) mass is 560 g/mol. The van der Waals surface area contributed by atoms with Gasteiger partial charge in [0.05, 0.1) is 29.7 Å². The third kappa shape index (κ3) is 4.92. The first kappa shape index (κ1) is 26.6. The lowest BCUT2D eigenvalue weighted by atomic mass is 10.0. The molecule has 3 aromatic carbocycles. The van der Waals surface area contributed by atoms with Gasteiger partial charge in [0.2, 0.25) is 0 Å². The van der Waals surface area contributed by atoms with Crippen molar-refractivity contribution < 1.29 is 18.7 Å². The van der Waals surface area contributed by atoms with Gasteiger partial charge in [-0.25, -0.2) is 9.07 Å². The molecule has 0 aliphatic heterocycles. The van der Waals surface area contributed by atoms with Gasteiger partial charge in [-0.2, -0.15) is 0 Å². The smallest absolute Gasteiger partial charge is 0.283 e. The van der Waals surface area contributed by atoms with Crippen LogP contribution in [0.1, 0.15) is 15.9 Å². The molecular weight excluding hydrogens is 535 g/mol. The number of ketones is 1. The number of nitrogens with zero attached hydrogens (tertiary/aromatic N) is 4. The summed E-state index contributed by atoms with van der Waals surface area (Å²) < 4.78 is 29.5. The Morgan fingerprint density at radius 2 is 1.69 bits per heavy atom. The number of hydrogen-bond acceptors (Lipinski definition) is 6. The van der Waals surface area contributed by atoms with Crippen LogP contribution in [0.3, 0.4) is 0 Å². The van der Waals surface area contributed by atoms with E-state index >= 15 is 4.39 Å². The number of para-hydroxylation sites is 1. The molecule has 0 aliphatic carbocycles. The Labute approximate surface area is 240 Å². The SMILES string of the molecule is COc1ccc2c(Oc3ccc(CC(=O)c4c(-c5ccccn5)n(C)n(-c5ccccc5)c4=O)cc3F)ccnc2c1. The summed E-state index contributed by atoms with van der Waals surface area (Å²) in [7, 11) is 3.28. The van der Waals surface area contributed by atoms with Crippen molar-refractivity contribution in [3.8, 4) is 34.3 Å². The topological polar surface area (TPSA) is 88.2 Å². The van der Waals surface area contributed by atoms with Crippen molar-refractivity contribution in [3.63, 3.8) is 0 Å². The molecule has 42 heavy (non-hydrogen) atoms. The van der Waals surface area contributed by atoms with E-state index in [0.717, 1.165) is 0 Å². The minimum atomic E-state index is -0.640. The number of Topliss-reactive ketones (excluding diaryl/α,β-unsaturated/α-hetero) is 1.